The molecule has 0 radical (unpaired) electrons. The Morgan fingerprint density at radius 2 is 2.00 bits per heavy atom. The number of rotatable bonds is 6. The van der Waals surface area contributed by atoms with E-state index < -0.39 is 0 Å². The van der Waals surface area contributed by atoms with E-state index in [9.17, 15) is 4.79 Å². The number of nitrogens with zero attached hydrogens (tertiary/aromatic N) is 1. The van der Waals surface area contributed by atoms with Gasteiger partial charge in [-0.25, -0.2) is 0 Å². The van der Waals surface area contributed by atoms with Crippen LogP contribution >= 0.6 is 15.9 Å². The monoisotopic (exact) mass is 326 g/mol. The molecule has 1 rings (SSSR count). The van der Waals surface area contributed by atoms with Crippen molar-refractivity contribution < 1.29 is 4.79 Å². The molecule has 0 fully saturated rings. The summed E-state index contributed by atoms with van der Waals surface area (Å²) in [6.07, 6.45) is 0. The molecule has 0 aliphatic carbocycles. The number of carbonyl (C=O) groups excluding carboxylic acids is 1. The largest absolute Gasteiger partial charge is 0.348 e. The molecule has 1 unspecified atom stereocenters. The highest BCUT2D eigenvalue weighted by atomic mass is 79.9. The van der Waals surface area contributed by atoms with Gasteiger partial charge in [0.15, 0.2) is 0 Å². The topological polar surface area (TPSA) is 32.3 Å². The van der Waals surface area contributed by atoms with Crippen LogP contribution in [0.25, 0.3) is 0 Å². The summed E-state index contributed by atoms with van der Waals surface area (Å²) in [5.74, 6) is -0.0136. The van der Waals surface area contributed by atoms with Crippen molar-refractivity contribution in [1.29, 1.82) is 0 Å². The third kappa shape index (κ3) is 4.96. The second kappa shape index (κ2) is 7.65. The van der Waals surface area contributed by atoms with Crippen LogP contribution in [0.5, 0.6) is 0 Å². The molecule has 1 aromatic rings. The van der Waals surface area contributed by atoms with Crippen LogP contribution in [0.4, 0.5) is 0 Å². The quantitative estimate of drug-likeness (QED) is 0.870. The second-order valence-corrected chi connectivity index (χ2v) is 5.68. The predicted molar refractivity (Wildman–Crippen MR) is 83.6 cm³/mol. The van der Waals surface area contributed by atoms with Crippen LogP contribution in [0.1, 0.15) is 36.7 Å². The maximum atomic E-state index is 12.1. The Morgan fingerprint density at radius 3 is 2.53 bits per heavy atom. The first kappa shape index (κ1) is 16.2. The normalized spacial score (nSPS) is 12.5. The van der Waals surface area contributed by atoms with E-state index >= 15 is 0 Å². The minimum Gasteiger partial charge on any atom is -0.348 e. The SMILES string of the molecule is CCN(CC)CC(C)NC(=O)c1ccc(C)c(Br)c1. The number of benzene rings is 1. The molecule has 0 aliphatic rings. The van der Waals surface area contributed by atoms with Gasteiger partial charge in [0.25, 0.3) is 5.91 Å². The van der Waals surface area contributed by atoms with Gasteiger partial charge in [-0.15, -0.1) is 0 Å². The van der Waals surface area contributed by atoms with E-state index in [1.54, 1.807) is 0 Å². The van der Waals surface area contributed by atoms with Crippen LogP contribution in [0.2, 0.25) is 0 Å². The average molecular weight is 327 g/mol. The van der Waals surface area contributed by atoms with Crippen LogP contribution in [0.3, 0.4) is 0 Å². The highest BCUT2D eigenvalue weighted by molar-refractivity contribution is 9.10. The Kier molecular flexibility index (Phi) is 6.52. The van der Waals surface area contributed by atoms with Gasteiger partial charge in [0.1, 0.15) is 0 Å². The molecule has 106 valence electrons. The fraction of sp³-hybridized carbons (Fsp3) is 0.533. The molecule has 3 nitrogen and oxygen atoms in total. The average Bonchev–Trinajstić information content (AvgIpc) is 2.38. The number of hydrogen-bond donors (Lipinski definition) is 1. The van der Waals surface area contributed by atoms with E-state index in [0.717, 1.165) is 29.7 Å². The highest BCUT2D eigenvalue weighted by Crippen LogP contribution is 2.17. The Labute approximate surface area is 124 Å². The van der Waals surface area contributed by atoms with Crippen molar-refractivity contribution in [2.24, 2.45) is 0 Å². The number of halogens is 1. The smallest absolute Gasteiger partial charge is 0.251 e. The zero-order chi connectivity index (χ0) is 14.4. The van der Waals surface area contributed by atoms with Crippen LogP contribution in [0.15, 0.2) is 22.7 Å². The molecule has 0 spiro atoms. The van der Waals surface area contributed by atoms with Crippen LogP contribution in [0, 0.1) is 6.92 Å². The molecule has 0 heterocycles. The van der Waals surface area contributed by atoms with Crippen molar-refractivity contribution in [2.75, 3.05) is 19.6 Å². The summed E-state index contributed by atoms with van der Waals surface area (Å²) in [7, 11) is 0. The van der Waals surface area contributed by atoms with Gasteiger partial charge >= 0.3 is 0 Å². The maximum absolute atomic E-state index is 12.1. The molecule has 0 bridgehead atoms. The van der Waals surface area contributed by atoms with E-state index in [0.29, 0.717) is 5.56 Å². The number of aryl methyl sites for hydroxylation is 1. The molecule has 0 aliphatic heterocycles. The van der Waals surface area contributed by atoms with Gasteiger partial charge in [-0.3, -0.25) is 4.79 Å². The fourth-order valence-corrected chi connectivity index (χ4v) is 2.33. The zero-order valence-electron chi connectivity index (χ0n) is 12.2. The minimum atomic E-state index is -0.0136. The number of carbonyl (C=O) groups is 1. The Morgan fingerprint density at radius 1 is 1.37 bits per heavy atom. The summed E-state index contributed by atoms with van der Waals surface area (Å²) in [4.78, 5) is 14.4. The number of nitrogens with one attached hydrogen (secondary N) is 1. The van der Waals surface area contributed by atoms with Crippen molar-refractivity contribution in [3.63, 3.8) is 0 Å². The van der Waals surface area contributed by atoms with Gasteiger partial charge in [0, 0.05) is 22.6 Å². The first-order valence-corrected chi connectivity index (χ1v) is 7.56. The number of hydrogen-bond acceptors (Lipinski definition) is 2. The van der Waals surface area contributed by atoms with Crippen LogP contribution < -0.4 is 5.32 Å². The lowest BCUT2D eigenvalue weighted by Gasteiger charge is -2.23. The van der Waals surface area contributed by atoms with Crippen molar-refractivity contribution in [3.8, 4) is 0 Å². The van der Waals surface area contributed by atoms with E-state index in [2.05, 4.69) is 40.0 Å². The summed E-state index contributed by atoms with van der Waals surface area (Å²) in [5.41, 5.74) is 1.83. The molecule has 1 amide bonds. The van der Waals surface area contributed by atoms with Crippen molar-refractivity contribution in [3.05, 3.63) is 33.8 Å². The van der Waals surface area contributed by atoms with Crippen molar-refractivity contribution in [1.82, 2.24) is 10.2 Å². The summed E-state index contributed by atoms with van der Waals surface area (Å²) in [6, 6.07) is 5.83. The van der Waals surface area contributed by atoms with Crippen LogP contribution in [-0.4, -0.2) is 36.5 Å². The molecule has 0 saturated heterocycles. The van der Waals surface area contributed by atoms with Gasteiger partial charge in [-0.2, -0.15) is 0 Å². The van der Waals surface area contributed by atoms with E-state index in [-0.39, 0.29) is 11.9 Å². The van der Waals surface area contributed by atoms with Crippen molar-refractivity contribution in [2.45, 2.75) is 33.7 Å². The number of likely N-dealkylation sites (N-methyl/N-ethyl adjacent to an activating group) is 1. The highest BCUT2D eigenvalue weighted by Gasteiger charge is 2.12. The molecule has 0 aromatic heterocycles. The molecule has 4 heteroatoms. The molecule has 1 atom stereocenters. The summed E-state index contributed by atoms with van der Waals surface area (Å²) in [6.45, 7) is 11.2. The van der Waals surface area contributed by atoms with E-state index in [1.807, 2.05) is 32.0 Å². The van der Waals surface area contributed by atoms with Crippen molar-refractivity contribution >= 4 is 21.8 Å². The maximum Gasteiger partial charge on any atom is 0.251 e. The zero-order valence-corrected chi connectivity index (χ0v) is 13.8. The molecule has 1 N–H and O–H groups in total. The lowest BCUT2D eigenvalue weighted by atomic mass is 10.1. The minimum absolute atomic E-state index is 0.0136. The van der Waals surface area contributed by atoms with Gasteiger partial charge in [0.2, 0.25) is 0 Å². The van der Waals surface area contributed by atoms with Gasteiger partial charge in [0.05, 0.1) is 0 Å². The van der Waals surface area contributed by atoms with Gasteiger partial charge in [-0.05, 0) is 44.6 Å². The lowest BCUT2D eigenvalue weighted by molar-refractivity contribution is 0.0930. The van der Waals surface area contributed by atoms with Crippen LogP contribution in [-0.2, 0) is 0 Å². The Balaban J connectivity index is 2.61. The first-order valence-electron chi connectivity index (χ1n) is 6.77. The predicted octanol–water partition coefficient (Wildman–Crippen LogP) is 3.22. The summed E-state index contributed by atoms with van der Waals surface area (Å²) >= 11 is 3.46. The lowest BCUT2D eigenvalue weighted by Crippen LogP contribution is -2.41. The molecule has 1 aromatic carbocycles. The fourth-order valence-electron chi connectivity index (χ4n) is 1.96. The molecular weight excluding hydrogens is 304 g/mol. The van der Waals surface area contributed by atoms with E-state index in [1.165, 1.54) is 0 Å². The third-order valence-corrected chi connectivity index (χ3v) is 4.09. The Bertz CT molecular complexity index is 430. The van der Waals surface area contributed by atoms with Gasteiger partial charge in [-0.1, -0.05) is 35.8 Å². The summed E-state index contributed by atoms with van der Waals surface area (Å²) < 4.78 is 0.969. The molecule has 19 heavy (non-hydrogen) atoms. The third-order valence-electron chi connectivity index (χ3n) is 3.24. The summed E-state index contributed by atoms with van der Waals surface area (Å²) in [5, 5.41) is 3.04. The van der Waals surface area contributed by atoms with E-state index in [4.69, 9.17) is 0 Å². The Hall–Kier alpha value is -0.870. The van der Waals surface area contributed by atoms with Gasteiger partial charge < -0.3 is 10.2 Å². The molecular formula is C15H23BrN2O. The number of amides is 1. The second-order valence-electron chi connectivity index (χ2n) is 4.82. The standard InChI is InChI=1S/C15H23BrN2O/c1-5-18(6-2)10-12(4)17-15(19)13-8-7-11(3)14(16)9-13/h7-9,12H,5-6,10H2,1-4H3,(H,17,19). The molecule has 0 saturated carbocycles. The first-order chi connectivity index (χ1) is 8.97.